The lowest BCUT2D eigenvalue weighted by molar-refractivity contribution is -0.146. The summed E-state index contributed by atoms with van der Waals surface area (Å²) in [6.07, 6.45) is 2.34. The van der Waals surface area contributed by atoms with E-state index in [1.54, 1.807) is 4.90 Å². The third-order valence-electron chi connectivity index (χ3n) is 6.59. The molecule has 0 saturated carbocycles. The summed E-state index contributed by atoms with van der Waals surface area (Å²) in [6.45, 7) is 5.10. The van der Waals surface area contributed by atoms with Crippen molar-refractivity contribution in [1.82, 2.24) is 15.1 Å². The predicted octanol–water partition coefficient (Wildman–Crippen LogP) is 2.12. The molecule has 2 aromatic carbocycles. The molecule has 7 heteroatoms. The second-order valence-electron chi connectivity index (χ2n) is 8.93. The molecule has 0 radical (unpaired) electrons. The number of rotatable bonds is 11. The summed E-state index contributed by atoms with van der Waals surface area (Å²) in [6, 6.07) is 18.6. The molecular formula is C27H38N4O3. The van der Waals surface area contributed by atoms with Crippen LogP contribution in [0.5, 0.6) is 0 Å². The molecule has 184 valence electrons. The third-order valence-corrected chi connectivity index (χ3v) is 6.59. The van der Waals surface area contributed by atoms with E-state index < -0.39 is 6.04 Å². The van der Waals surface area contributed by atoms with E-state index in [9.17, 15) is 9.59 Å². The van der Waals surface area contributed by atoms with Crippen LogP contribution in [0.4, 0.5) is 0 Å². The number of hydrogen-bond donors (Lipinski definition) is 2. The minimum Gasteiger partial charge on any atom is -0.375 e. The molecule has 34 heavy (non-hydrogen) atoms. The molecule has 3 N–H and O–H groups in total. The molecule has 1 unspecified atom stereocenters. The summed E-state index contributed by atoms with van der Waals surface area (Å²) >= 11 is 0. The van der Waals surface area contributed by atoms with Crippen LogP contribution >= 0.6 is 0 Å². The third kappa shape index (κ3) is 7.13. The zero-order valence-electron chi connectivity index (χ0n) is 20.4. The number of carbonyl (C=O) groups is 2. The van der Waals surface area contributed by atoms with Gasteiger partial charge in [-0.2, -0.15) is 0 Å². The molecule has 1 aliphatic rings. The first kappa shape index (κ1) is 25.9. The van der Waals surface area contributed by atoms with E-state index in [4.69, 9.17) is 10.5 Å². The number of nitrogens with one attached hydrogen (secondary N) is 1. The Morgan fingerprint density at radius 1 is 1.15 bits per heavy atom. The van der Waals surface area contributed by atoms with Gasteiger partial charge in [-0.1, -0.05) is 54.6 Å². The summed E-state index contributed by atoms with van der Waals surface area (Å²) in [5, 5.41) is 2.89. The van der Waals surface area contributed by atoms with Crippen molar-refractivity contribution in [3.63, 3.8) is 0 Å². The number of nitrogens with zero attached hydrogens (tertiary/aromatic N) is 2. The van der Waals surface area contributed by atoms with Gasteiger partial charge in [-0.05, 0) is 42.9 Å². The smallest absolute Gasteiger partial charge is 0.249 e. The average Bonchev–Trinajstić information content (AvgIpc) is 2.86. The molecule has 7 nitrogen and oxygen atoms in total. The van der Waals surface area contributed by atoms with Crippen LogP contribution in [0.25, 0.3) is 0 Å². The number of benzene rings is 2. The summed E-state index contributed by atoms with van der Waals surface area (Å²) in [5.74, 6) is -0.290. The highest BCUT2D eigenvalue weighted by atomic mass is 16.5. The Hall–Kier alpha value is -2.74. The van der Waals surface area contributed by atoms with Crippen molar-refractivity contribution in [3.8, 4) is 0 Å². The van der Waals surface area contributed by atoms with Gasteiger partial charge in [0.1, 0.15) is 12.6 Å². The minimum absolute atomic E-state index is 0.0216. The van der Waals surface area contributed by atoms with Crippen molar-refractivity contribution in [3.05, 3.63) is 71.3 Å². The molecule has 1 aliphatic heterocycles. The molecular weight excluding hydrogens is 428 g/mol. The first-order chi connectivity index (χ1) is 16.5. The van der Waals surface area contributed by atoms with Crippen molar-refractivity contribution in [2.45, 2.75) is 44.8 Å². The summed E-state index contributed by atoms with van der Waals surface area (Å²) in [7, 11) is 1.50. The van der Waals surface area contributed by atoms with Gasteiger partial charge in [0.05, 0.1) is 0 Å². The van der Waals surface area contributed by atoms with Crippen molar-refractivity contribution in [2.24, 2.45) is 5.73 Å². The van der Waals surface area contributed by atoms with E-state index >= 15 is 0 Å². The zero-order chi connectivity index (χ0) is 24.3. The molecule has 0 aliphatic carbocycles. The molecule has 0 aromatic heterocycles. The Kier molecular flexibility index (Phi) is 10.1. The molecule has 3 rings (SSSR count). The van der Waals surface area contributed by atoms with Gasteiger partial charge in [-0.25, -0.2) is 0 Å². The highest BCUT2D eigenvalue weighted by Crippen LogP contribution is 2.25. The second-order valence-corrected chi connectivity index (χ2v) is 8.93. The molecule has 1 fully saturated rings. The minimum atomic E-state index is -0.524. The van der Waals surface area contributed by atoms with Crippen LogP contribution in [0.3, 0.4) is 0 Å². The number of nitrogens with two attached hydrogens (primary N) is 1. The van der Waals surface area contributed by atoms with Gasteiger partial charge in [0.2, 0.25) is 11.8 Å². The Morgan fingerprint density at radius 2 is 1.88 bits per heavy atom. The highest BCUT2D eigenvalue weighted by Gasteiger charge is 2.38. The summed E-state index contributed by atoms with van der Waals surface area (Å²) < 4.78 is 5.07. The lowest BCUT2D eigenvalue weighted by atomic mass is 9.93. The maximum absolute atomic E-state index is 13.0. The van der Waals surface area contributed by atoms with Crippen LogP contribution in [-0.2, 0) is 27.3 Å². The van der Waals surface area contributed by atoms with E-state index in [0.29, 0.717) is 26.1 Å². The first-order valence-corrected chi connectivity index (χ1v) is 12.1. The molecule has 2 amide bonds. The summed E-state index contributed by atoms with van der Waals surface area (Å²) in [4.78, 5) is 29.9. The number of hydrogen-bond acceptors (Lipinski definition) is 5. The quantitative estimate of drug-likeness (QED) is 0.530. The maximum Gasteiger partial charge on any atom is 0.249 e. The number of ether oxygens (including phenoxy) is 1. The molecule has 0 bridgehead atoms. The molecule has 0 spiro atoms. The molecule has 2 atom stereocenters. The SMILES string of the molecule is COCC(=O)N1CCC(N(CCc2ccccc2)Cc2ccccc2C)C[C@@H]1C(=O)NCCN. The maximum atomic E-state index is 13.0. The highest BCUT2D eigenvalue weighted by molar-refractivity contribution is 5.88. The molecule has 2 aromatic rings. The Morgan fingerprint density at radius 3 is 2.59 bits per heavy atom. The van der Waals surface area contributed by atoms with Crippen molar-refractivity contribution in [2.75, 3.05) is 39.9 Å². The number of piperidine rings is 1. The Labute approximate surface area is 203 Å². The van der Waals surface area contributed by atoms with Crippen molar-refractivity contribution < 1.29 is 14.3 Å². The number of methoxy groups -OCH3 is 1. The number of aryl methyl sites for hydroxylation is 1. The van der Waals surface area contributed by atoms with Gasteiger partial charge in [0.25, 0.3) is 0 Å². The van der Waals surface area contributed by atoms with Gasteiger partial charge >= 0.3 is 0 Å². The number of amides is 2. The van der Waals surface area contributed by atoms with E-state index in [1.165, 1.54) is 23.8 Å². The van der Waals surface area contributed by atoms with Crippen LogP contribution in [0.15, 0.2) is 54.6 Å². The van der Waals surface area contributed by atoms with Crippen LogP contribution in [-0.4, -0.2) is 73.6 Å². The van der Waals surface area contributed by atoms with Gasteiger partial charge < -0.3 is 20.7 Å². The fourth-order valence-electron chi connectivity index (χ4n) is 4.66. The van der Waals surface area contributed by atoms with Crippen molar-refractivity contribution in [1.29, 1.82) is 0 Å². The second kappa shape index (κ2) is 13.2. The van der Waals surface area contributed by atoms with Crippen LogP contribution in [0.1, 0.15) is 29.5 Å². The number of likely N-dealkylation sites (tertiary alicyclic amines) is 1. The van der Waals surface area contributed by atoms with E-state index in [0.717, 1.165) is 25.9 Å². The fourth-order valence-corrected chi connectivity index (χ4v) is 4.66. The summed E-state index contributed by atoms with van der Waals surface area (Å²) in [5.41, 5.74) is 9.44. The van der Waals surface area contributed by atoms with Crippen LogP contribution < -0.4 is 11.1 Å². The largest absolute Gasteiger partial charge is 0.375 e. The van der Waals surface area contributed by atoms with E-state index in [1.807, 2.05) is 6.07 Å². The monoisotopic (exact) mass is 466 g/mol. The molecule has 1 heterocycles. The van der Waals surface area contributed by atoms with Gasteiger partial charge in [0.15, 0.2) is 0 Å². The average molecular weight is 467 g/mol. The van der Waals surface area contributed by atoms with E-state index in [2.05, 4.69) is 65.7 Å². The predicted molar refractivity (Wildman–Crippen MR) is 134 cm³/mol. The van der Waals surface area contributed by atoms with Gasteiger partial charge in [0, 0.05) is 45.9 Å². The molecule has 1 saturated heterocycles. The first-order valence-electron chi connectivity index (χ1n) is 12.1. The van der Waals surface area contributed by atoms with E-state index in [-0.39, 0.29) is 24.5 Å². The van der Waals surface area contributed by atoms with Gasteiger partial charge in [-0.15, -0.1) is 0 Å². The normalized spacial score (nSPS) is 18.2. The lowest BCUT2D eigenvalue weighted by Crippen LogP contribution is -2.58. The van der Waals surface area contributed by atoms with Crippen LogP contribution in [0.2, 0.25) is 0 Å². The Balaban J connectivity index is 1.80. The standard InChI is InChI=1S/C27H38N4O3/c1-21-8-6-7-11-23(21)19-30(16-12-22-9-4-3-5-10-22)24-13-17-31(26(32)20-34-2)25(18-24)27(33)29-15-14-28/h3-11,24-25H,12-20,28H2,1-2H3,(H,29,33)/t24?,25-/m1/s1. The Bertz CT molecular complexity index is 921. The topological polar surface area (TPSA) is 87.9 Å². The van der Waals surface area contributed by atoms with Crippen LogP contribution in [0, 0.1) is 6.92 Å². The number of carbonyl (C=O) groups excluding carboxylic acids is 2. The van der Waals surface area contributed by atoms with Gasteiger partial charge in [-0.3, -0.25) is 14.5 Å². The van der Waals surface area contributed by atoms with Crippen molar-refractivity contribution >= 4 is 11.8 Å². The lowest BCUT2D eigenvalue weighted by Gasteiger charge is -2.43. The zero-order valence-corrected chi connectivity index (χ0v) is 20.4. The fraction of sp³-hybridized carbons (Fsp3) is 0.481.